The van der Waals surface area contributed by atoms with Crippen LogP contribution in [0, 0.1) is 0 Å². The molecule has 0 amide bonds. The Bertz CT molecular complexity index is 594. The first kappa shape index (κ1) is 17.4. The lowest BCUT2D eigenvalue weighted by Gasteiger charge is -2.21. The predicted molar refractivity (Wildman–Crippen MR) is 73.2 cm³/mol. The van der Waals surface area contributed by atoms with Crippen molar-refractivity contribution in [2.24, 2.45) is 0 Å². The number of carboxylic acids is 1. The van der Waals surface area contributed by atoms with Crippen LogP contribution in [0.4, 0.5) is 0 Å². The summed E-state index contributed by atoms with van der Waals surface area (Å²) in [7, 11) is -2.34. The summed E-state index contributed by atoms with van der Waals surface area (Å²) in [5.74, 6) is -2.04. The molecule has 1 saturated heterocycles. The number of carbonyl (C=O) groups is 1. The van der Waals surface area contributed by atoms with Gasteiger partial charge in [-0.15, -0.1) is 0 Å². The van der Waals surface area contributed by atoms with E-state index in [1.54, 1.807) is 0 Å². The molecule has 0 radical (unpaired) electrons. The van der Waals surface area contributed by atoms with Crippen molar-refractivity contribution in [1.82, 2.24) is 4.90 Å². The van der Waals surface area contributed by atoms with Crippen LogP contribution in [-0.2, 0) is 14.9 Å². The van der Waals surface area contributed by atoms with Gasteiger partial charge in [0.1, 0.15) is 11.3 Å². The second kappa shape index (κ2) is 7.36. The van der Waals surface area contributed by atoms with Gasteiger partial charge in [-0.1, -0.05) is 0 Å². The topological polar surface area (TPSA) is 124 Å². The lowest BCUT2D eigenvalue weighted by molar-refractivity contribution is 0.0503. The van der Waals surface area contributed by atoms with E-state index in [1.807, 2.05) is 0 Å². The van der Waals surface area contributed by atoms with Gasteiger partial charge in [-0.2, -0.15) is 8.42 Å². The summed E-state index contributed by atoms with van der Waals surface area (Å²) in [6.07, 6.45) is 0. The van der Waals surface area contributed by atoms with E-state index in [1.165, 1.54) is 0 Å². The van der Waals surface area contributed by atoms with Crippen molar-refractivity contribution in [3.05, 3.63) is 23.8 Å². The van der Waals surface area contributed by atoms with Gasteiger partial charge >= 0.3 is 5.97 Å². The minimum absolute atomic E-state index is 0.565. The lowest BCUT2D eigenvalue weighted by atomic mass is 10.2. The Labute approximate surface area is 122 Å². The van der Waals surface area contributed by atoms with Crippen LogP contribution >= 0.6 is 0 Å². The van der Waals surface area contributed by atoms with Crippen LogP contribution in [0.5, 0.6) is 5.75 Å². The fraction of sp³-hybridized carbons (Fsp3) is 0.417. The second-order valence-corrected chi connectivity index (χ2v) is 5.80. The molecule has 2 rings (SSSR count). The quantitative estimate of drug-likeness (QED) is 0.664. The van der Waals surface area contributed by atoms with Crippen molar-refractivity contribution in [2.75, 3.05) is 33.4 Å². The molecule has 1 aromatic carbocycles. The molecule has 1 aliphatic heterocycles. The van der Waals surface area contributed by atoms with Crippen molar-refractivity contribution in [1.29, 1.82) is 0 Å². The number of carboxylic acid groups (broad SMARTS) is 1. The molecule has 0 atom stereocenters. The highest BCUT2D eigenvalue weighted by molar-refractivity contribution is 7.85. The predicted octanol–water partition coefficient (Wildman–Crippen LogP) is 0.286. The molecule has 3 N–H and O–H groups in total. The van der Waals surface area contributed by atoms with Gasteiger partial charge in [-0.05, 0) is 25.2 Å². The number of rotatable bonds is 2. The maximum atomic E-state index is 10.6. The zero-order chi connectivity index (χ0) is 16.0. The van der Waals surface area contributed by atoms with Gasteiger partial charge in [0.25, 0.3) is 10.1 Å². The van der Waals surface area contributed by atoms with Gasteiger partial charge in [0.05, 0.1) is 18.1 Å². The molecule has 1 heterocycles. The molecule has 1 aliphatic rings. The molecule has 21 heavy (non-hydrogen) atoms. The number of benzene rings is 1. The average Bonchev–Trinajstić information content (AvgIpc) is 2.39. The third-order valence-electron chi connectivity index (χ3n) is 2.73. The van der Waals surface area contributed by atoms with E-state index < -0.39 is 32.3 Å². The number of morpholine rings is 1. The highest BCUT2D eigenvalue weighted by Crippen LogP contribution is 2.20. The van der Waals surface area contributed by atoms with E-state index in [-0.39, 0.29) is 0 Å². The smallest absolute Gasteiger partial charge is 0.339 e. The first-order valence-electron chi connectivity index (χ1n) is 6.02. The Morgan fingerprint density at radius 3 is 2.24 bits per heavy atom. The molecule has 8 nitrogen and oxygen atoms in total. The van der Waals surface area contributed by atoms with Gasteiger partial charge in [0.15, 0.2) is 0 Å². The van der Waals surface area contributed by atoms with Crippen molar-refractivity contribution >= 4 is 16.1 Å². The molecular formula is C12H17NO7S. The number of aromatic carboxylic acids is 1. The third-order valence-corrected chi connectivity index (χ3v) is 3.58. The SMILES string of the molecule is CN1CCOCC1.O=C(O)c1cc(S(=O)(=O)O)ccc1O. The largest absolute Gasteiger partial charge is 0.507 e. The van der Waals surface area contributed by atoms with Crippen molar-refractivity contribution in [2.45, 2.75) is 4.90 Å². The van der Waals surface area contributed by atoms with Crippen molar-refractivity contribution < 1.29 is 32.7 Å². The van der Waals surface area contributed by atoms with E-state index in [9.17, 15) is 13.2 Å². The molecule has 1 fully saturated rings. The first-order valence-corrected chi connectivity index (χ1v) is 7.46. The van der Waals surface area contributed by atoms with Crippen LogP contribution < -0.4 is 0 Å². The van der Waals surface area contributed by atoms with E-state index in [2.05, 4.69) is 11.9 Å². The molecule has 1 aromatic rings. The summed E-state index contributed by atoms with van der Waals surface area (Å²) in [4.78, 5) is 12.2. The summed E-state index contributed by atoms with van der Waals surface area (Å²) in [6, 6.07) is 2.46. The number of phenols is 1. The fourth-order valence-corrected chi connectivity index (χ4v) is 2.01. The molecule has 0 aliphatic carbocycles. The zero-order valence-corrected chi connectivity index (χ0v) is 12.2. The molecule has 0 spiro atoms. The van der Waals surface area contributed by atoms with E-state index in [4.69, 9.17) is 19.5 Å². The Morgan fingerprint density at radius 1 is 1.29 bits per heavy atom. The Balaban J connectivity index is 0.000000262. The van der Waals surface area contributed by atoms with E-state index in [0.717, 1.165) is 38.4 Å². The van der Waals surface area contributed by atoms with Crippen molar-refractivity contribution in [3.8, 4) is 5.75 Å². The molecule has 9 heteroatoms. The van der Waals surface area contributed by atoms with Gasteiger partial charge < -0.3 is 19.8 Å². The molecule has 0 aromatic heterocycles. The van der Waals surface area contributed by atoms with Crippen LogP contribution in [-0.4, -0.2) is 67.4 Å². The first-order chi connectivity index (χ1) is 9.71. The molecule has 0 unspecified atom stereocenters. The third kappa shape index (κ3) is 5.68. The van der Waals surface area contributed by atoms with Gasteiger partial charge in [0, 0.05) is 13.1 Å². The number of ether oxygens (including phenoxy) is 1. The maximum absolute atomic E-state index is 10.6. The highest BCUT2D eigenvalue weighted by atomic mass is 32.2. The maximum Gasteiger partial charge on any atom is 0.339 e. The minimum atomic E-state index is -4.45. The molecule has 0 bridgehead atoms. The summed E-state index contributed by atoms with van der Waals surface area (Å²) in [6.45, 7) is 4.02. The number of nitrogens with zero attached hydrogens (tertiary/aromatic N) is 1. The van der Waals surface area contributed by atoms with Crippen LogP contribution in [0.25, 0.3) is 0 Å². The normalized spacial score (nSPS) is 15.9. The van der Waals surface area contributed by atoms with Gasteiger partial charge in [0.2, 0.25) is 0 Å². The standard InChI is InChI=1S/C7H6O6S.C5H11NO/c8-6-2-1-4(14(11,12)13)3-5(6)7(9)10;1-6-2-4-7-5-3-6/h1-3,8H,(H,9,10)(H,11,12,13);2-5H2,1H3. The number of aromatic hydroxyl groups is 1. The number of hydrogen-bond acceptors (Lipinski definition) is 6. The van der Waals surface area contributed by atoms with Crippen LogP contribution in [0.3, 0.4) is 0 Å². The molecule has 0 saturated carbocycles. The Kier molecular flexibility index (Phi) is 6.09. The highest BCUT2D eigenvalue weighted by Gasteiger charge is 2.16. The zero-order valence-electron chi connectivity index (χ0n) is 11.4. The number of likely N-dealkylation sites (N-methyl/N-ethyl adjacent to an activating group) is 1. The van der Waals surface area contributed by atoms with Crippen LogP contribution in [0.15, 0.2) is 23.1 Å². The summed E-state index contributed by atoms with van der Waals surface area (Å²) in [5, 5.41) is 17.5. The van der Waals surface area contributed by atoms with E-state index in [0.29, 0.717) is 6.07 Å². The van der Waals surface area contributed by atoms with Crippen molar-refractivity contribution in [3.63, 3.8) is 0 Å². The summed E-state index contributed by atoms with van der Waals surface area (Å²) in [5.41, 5.74) is -0.583. The monoisotopic (exact) mass is 319 g/mol. The summed E-state index contributed by atoms with van der Waals surface area (Å²) < 4.78 is 34.9. The Hall–Kier alpha value is -1.68. The number of hydrogen-bond donors (Lipinski definition) is 3. The van der Waals surface area contributed by atoms with Crippen LogP contribution in [0.2, 0.25) is 0 Å². The Morgan fingerprint density at radius 2 is 1.86 bits per heavy atom. The molecular weight excluding hydrogens is 302 g/mol. The lowest BCUT2D eigenvalue weighted by Crippen LogP contribution is -2.32. The van der Waals surface area contributed by atoms with Gasteiger partial charge in [-0.3, -0.25) is 4.55 Å². The average molecular weight is 319 g/mol. The van der Waals surface area contributed by atoms with Crippen LogP contribution in [0.1, 0.15) is 10.4 Å². The van der Waals surface area contributed by atoms with E-state index >= 15 is 0 Å². The second-order valence-electron chi connectivity index (χ2n) is 4.37. The molecule has 118 valence electrons. The summed E-state index contributed by atoms with van der Waals surface area (Å²) >= 11 is 0. The fourth-order valence-electron chi connectivity index (χ4n) is 1.50. The minimum Gasteiger partial charge on any atom is -0.507 e. The van der Waals surface area contributed by atoms with Gasteiger partial charge in [-0.25, -0.2) is 4.79 Å².